The van der Waals surface area contributed by atoms with Crippen LogP contribution in [0, 0.1) is 0 Å². The normalized spacial score (nSPS) is 21.5. The summed E-state index contributed by atoms with van der Waals surface area (Å²) in [7, 11) is 1.42. The number of carbonyl (C=O) groups excluding carboxylic acids is 2. The van der Waals surface area contributed by atoms with Crippen LogP contribution in [0.3, 0.4) is 0 Å². The maximum atomic E-state index is 11.4. The summed E-state index contributed by atoms with van der Waals surface area (Å²) in [6, 6.07) is 0. The molecular formula is C9H14N2O4. The standard InChI is InChI=1S/C9H14N2O4/c1-3-6-15-9(14)11-5-4-7(12)8(13)10(11)2/h3,7,12H,1,4-6H2,2H3. The summed E-state index contributed by atoms with van der Waals surface area (Å²) < 4.78 is 4.78. The lowest BCUT2D eigenvalue weighted by molar-refractivity contribution is -0.160. The van der Waals surface area contributed by atoms with Gasteiger partial charge in [0.15, 0.2) is 0 Å². The van der Waals surface area contributed by atoms with Gasteiger partial charge in [0, 0.05) is 20.0 Å². The van der Waals surface area contributed by atoms with Crippen molar-refractivity contribution in [2.45, 2.75) is 12.5 Å². The van der Waals surface area contributed by atoms with Crippen LogP contribution in [0.5, 0.6) is 0 Å². The summed E-state index contributed by atoms with van der Waals surface area (Å²) in [5.41, 5.74) is 0. The van der Waals surface area contributed by atoms with Crippen molar-refractivity contribution in [3.63, 3.8) is 0 Å². The lowest BCUT2D eigenvalue weighted by atomic mass is 10.2. The summed E-state index contributed by atoms with van der Waals surface area (Å²) in [5, 5.41) is 11.5. The third-order valence-corrected chi connectivity index (χ3v) is 2.12. The van der Waals surface area contributed by atoms with E-state index < -0.39 is 18.1 Å². The van der Waals surface area contributed by atoms with Gasteiger partial charge in [0.2, 0.25) is 0 Å². The van der Waals surface area contributed by atoms with Gasteiger partial charge in [-0.05, 0) is 0 Å². The molecule has 0 bridgehead atoms. The molecule has 6 nitrogen and oxygen atoms in total. The Hall–Kier alpha value is -1.56. The average molecular weight is 214 g/mol. The molecule has 1 N–H and O–H groups in total. The Morgan fingerprint density at radius 2 is 2.47 bits per heavy atom. The molecule has 0 saturated carbocycles. The Bertz CT molecular complexity index is 279. The highest BCUT2D eigenvalue weighted by atomic mass is 16.6. The second kappa shape index (κ2) is 4.79. The van der Waals surface area contributed by atoms with E-state index in [0.717, 1.165) is 10.0 Å². The van der Waals surface area contributed by atoms with Crippen molar-refractivity contribution < 1.29 is 19.4 Å². The van der Waals surface area contributed by atoms with Crippen LogP contribution in [0.2, 0.25) is 0 Å². The second-order valence-electron chi connectivity index (χ2n) is 3.16. The van der Waals surface area contributed by atoms with E-state index in [4.69, 9.17) is 4.74 Å². The van der Waals surface area contributed by atoms with Gasteiger partial charge in [0.05, 0.1) is 0 Å². The molecule has 1 heterocycles. The van der Waals surface area contributed by atoms with Gasteiger partial charge in [-0.15, -0.1) is 0 Å². The molecule has 2 amide bonds. The maximum Gasteiger partial charge on any atom is 0.429 e. The molecule has 1 atom stereocenters. The van der Waals surface area contributed by atoms with Crippen LogP contribution in [0.15, 0.2) is 12.7 Å². The predicted octanol–water partition coefficient (Wildman–Crippen LogP) is -0.251. The van der Waals surface area contributed by atoms with Gasteiger partial charge in [-0.25, -0.2) is 14.8 Å². The zero-order valence-electron chi connectivity index (χ0n) is 8.55. The molecule has 0 aliphatic carbocycles. The number of amides is 2. The molecule has 0 radical (unpaired) electrons. The fourth-order valence-electron chi connectivity index (χ4n) is 1.27. The van der Waals surface area contributed by atoms with E-state index in [9.17, 15) is 14.7 Å². The minimum atomic E-state index is -1.03. The molecule has 1 saturated heterocycles. The van der Waals surface area contributed by atoms with Gasteiger partial charge in [0.25, 0.3) is 5.91 Å². The Morgan fingerprint density at radius 3 is 3.07 bits per heavy atom. The van der Waals surface area contributed by atoms with Crippen molar-refractivity contribution >= 4 is 12.0 Å². The third-order valence-electron chi connectivity index (χ3n) is 2.12. The van der Waals surface area contributed by atoms with Crippen molar-refractivity contribution in [1.82, 2.24) is 10.0 Å². The molecule has 1 fully saturated rings. The fourth-order valence-corrected chi connectivity index (χ4v) is 1.27. The van der Waals surface area contributed by atoms with Crippen LogP contribution in [0.4, 0.5) is 4.79 Å². The van der Waals surface area contributed by atoms with Gasteiger partial charge < -0.3 is 9.84 Å². The highest BCUT2D eigenvalue weighted by molar-refractivity contribution is 5.83. The molecule has 1 aliphatic rings. The van der Waals surface area contributed by atoms with Crippen LogP contribution in [0.25, 0.3) is 0 Å². The van der Waals surface area contributed by atoms with E-state index in [2.05, 4.69) is 6.58 Å². The highest BCUT2D eigenvalue weighted by Crippen LogP contribution is 2.12. The van der Waals surface area contributed by atoms with Gasteiger partial charge in [0.1, 0.15) is 12.7 Å². The smallest absolute Gasteiger partial charge is 0.429 e. The van der Waals surface area contributed by atoms with Gasteiger partial charge in [-0.2, -0.15) is 0 Å². The van der Waals surface area contributed by atoms with E-state index >= 15 is 0 Å². The summed E-state index contributed by atoms with van der Waals surface area (Å²) in [6.45, 7) is 3.77. The lowest BCUT2D eigenvalue weighted by Gasteiger charge is -2.36. The van der Waals surface area contributed by atoms with Crippen molar-refractivity contribution in [3.8, 4) is 0 Å². The van der Waals surface area contributed by atoms with Crippen LogP contribution < -0.4 is 0 Å². The maximum absolute atomic E-state index is 11.4. The van der Waals surface area contributed by atoms with Crippen molar-refractivity contribution in [1.29, 1.82) is 0 Å². The first-order chi connectivity index (χ1) is 7.07. The highest BCUT2D eigenvalue weighted by Gasteiger charge is 2.33. The minimum Gasteiger partial charge on any atom is -0.444 e. The number of likely N-dealkylation sites (N-methyl/N-ethyl adjacent to an activating group) is 1. The molecular weight excluding hydrogens is 200 g/mol. The van der Waals surface area contributed by atoms with Crippen LogP contribution >= 0.6 is 0 Å². The lowest BCUT2D eigenvalue weighted by Crippen LogP contribution is -2.56. The number of aliphatic hydroxyl groups is 1. The Morgan fingerprint density at radius 1 is 1.80 bits per heavy atom. The zero-order valence-corrected chi connectivity index (χ0v) is 8.55. The first kappa shape index (κ1) is 11.5. The molecule has 0 aromatic rings. The molecule has 0 spiro atoms. The SMILES string of the molecule is C=CCOC(=O)N1CCC(O)C(=O)N1C. The fraction of sp³-hybridized carbons (Fsp3) is 0.556. The molecule has 1 unspecified atom stereocenters. The van der Waals surface area contributed by atoms with Crippen molar-refractivity contribution in [2.24, 2.45) is 0 Å². The Kier molecular flexibility index (Phi) is 3.68. The first-order valence-corrected chi connectivity index (χ1v) is 4.58. The summed E-state index contributed by atoms with van der Waals surface area (Å²) in [6.07, 6.45) is 0.0290. The molecule has 1 aliphatic heterocycles. The topological polar surface area (TPSA) is 70.1 Å². The average Bonchev–Trinajstić information content (AvgIpc) is 2.23. The Labute approximate surface area is 87.7 Å². The largest absolute Gasteiger partial charge is 0.444 e. The number of ether oxygens (including phenoxy) is 1. The zero-order chi connectivity index (χ0) is 11.4. The molecule has 1 rings (SSSR count). The van der Waals surface area contributed by atoms with Gasteiger partial charge in [-0.3, -0.25) is 4.79 Å². The molecule has 84 valence electrons. The summed E-state index contributed by atoms with van der Waals surface area (Å²) in [5.74, 6) is -0.503. The monoisotopic (exact) mass is 214 g/mol. The predicted molar refractivity (Wildman–Crippen MR) is 51.6 cm³/mol. The van der Waals surface area contributed by atoms with Crippen LogP contribution in [0.1, 0.15) is 6.42 Å². The Balaban J connectivity index is 2.59. The van der Waals surface area contributed by atoms with Gasteiger partial charge >= 0.3 is 6.09 Å². The van der Waals surface area contributed by atoms with E-state index in [-0.39, 0.29) is 19.6 Å². The summed E-state index contributed by atoms with van der Waals surface area (Å²) in [4.78, 5) is 22.7. The number of hydrogen-bond acceptors (Lipinski definition) is 4. The molecule has 0 aromatic carbocycles. The quantitative estimate of drug-likeness (QED) is 0.643. The van der Waals surface area contributed by atoms with E-state index in [0.29, 0.717) is 0 Å². The number of hydrogen-bond donors (Lipinski definition) is 1. The van der Waals surface area contributed by atoms with Gasteiger partial charge in [-0.1, -0.05) is 12.7 Å². The van der Waals surface area contributed by atoms with Crippen LogP contribution in [-0.2, 0) is 9.53 Å². The van der Waals surface area contributed by atoms with E-state index in [1.165, 1.54) is 13.1 Å². The molecule has 0 aromatic heterocycles. The van der Waals surface area contributed by atoms with Crippen LogP contribution in [-0.4, -0.2) is 53.4 Å². The third kappa shape index (κ3) is 2.47. The molecule has 15 heavy (non-hydrogen) atoms. The number of nitrogens with zero attached hydrogens (tertiary/aromatic N) is 2. The summed E-state index contributed by atoms with van der Waals surface area (Å²) >= 11 is 0. The number of aliphatic hydroxyl groups excluding tert-OH is 1. The second-order valence-corrected chi connectivity index (χ2v) is 3.16. The van der Waals surface area contributed by atoms with E-state index in [1.807, 2.05) is 0 Å². The molecule has 6 heteroatoms. The van der Waals surface area contributed by atoms with Crippen molar-refractivity contribution in [2.75, 3.05) is 20.2 Å². The van der Waals surface area contributed by atoms with E-state index in [1.54, 1.807) is 0 Å². The first-order valence-electron chi connectivity index (χ1n) is 4.58. The number of rotatable bonds is 2. The number of carbonyl (C=O) groups is 2. The van der Waals surface area contributed by atoms with Crippen molar-refractivity contribution in [3.05, 3.63) is 12.7 Å². The number of hydrazine groups is 1. The minimum absolute atomic E-state index is 0.0971.